The van der Waals surface area contributed by atoms with Crippen LogP contribution < -0.4 is 5.32 Å². The molecular formula is C16H23N3O3S. The van der Waals surface area contributed by atoms with Gasteiger partial charge in [0.2, 0.25) is 5.91 Å². The van der Waals surface area contributed by atoms with Gasteiger partial charge in [0, 0.05) is 36.2 Å². The lowest BCUT2D eigenvalue weighted by Crippen LogP contribution is -2.45. The number of thioether (sulfide) groups is 1. The number of non-ortho nitro benzene ring substituents is 1. The largest absolute Gasteiger partial charge is 0.337 e. The monoisotopic (exact) mass is 337 g/mol. The summed E-state index contributed by atoms with van der Waals surface area (Å²) in [6.07, 6.45) is 1.94. The number of hydrogen-bond acceptors (Lipinski definition) is 5. The molecule has 1 aromatic carbocycles. The molecule has 2 unspecified atom stereocenters. The molecule has 1 saturated heterocycles. The number of carbonyl (C=O) groups is 1. The number of benzene rings is 1. The molecule has 126 valence electrons. The van der Waals surface area contributed by atoms with Gasteiger partial charge in [0.1, 0.15) is 0 Å². The van der Waals surface area contributed by atoms with Gasteiger partial charge in [-0.2, -0.15) is 0 Å². The zero-order valence-electron chi connectivity index (χ0n) is 13.5. The smallest absolute Gasteiger partial charge is 0.269 e. The second-order valence-electron chi connectivity index (χ2n) is 5.69. The highest BCUT2D eigenvalue weighted by atomic mass is 32.2. The number of carbonyl (C=O) groups excluding carboxylic acids is 1. The van der Waals surface area contributed by atoms with Crippen molar-refractivity contribution in [2.24, 2.45) is 0 Å². The van der Waals surface area contributed by atoms with Crippen molar-refractivity contribution in [1.29, 1.82) is 0 Å². The Labute approximate surface area is 140 Å². The number of nitro groups is 1. The molecule has 0 radical (unpaired) electrons. The zero-order valence-corrected chi connectivity index (χ0v) is 14.3. The molecule has 1 fully saturated rings. The van der Waals surface area contributed by atoms with Gasteiger partial charge in [-0.3, -0.25) is 14.9 Å². The highest BCUT2D eigenvalue weighted by Gasteiger charge is 2.29. The van der Waals surface area contributed by atoms with Crippen LogP contribution in [-0.4, -0.2) is 46.7 Å². The van der Waals surface area contributed by atoms with Crippen LogP contribution in [0.5, 0.6) is 0 Å². The minimum absolute atomic E-state index is 0.0676. The summed E-state index contributed by atoms with van der Waals surface area (Å²) in [5, 5.41) is 13.8. The molecule has 1 aromatic rings. The molecule has 1 heterocycles. The van der Waals surface area contributed by atoms with E-state index in [2.05, 4.69) is 12.2 Å². The first kappa shape index (κ1) is 17.7. The van der Waals surface area contributed by atoms with Crippen molar-refractivity contribution in [2.75, 3.05) is 19.6 Å². The first-order valence-corrected chi connectivity index (χ1v) is 8.83. The Morgan fingerprint density at radius 3 is 2.70 bits per heavy atom. The molecular weight excluding hydrogens is 314 g/mol. The van der Waals surface area contributed by atoms with E-state index in [0.717, 1.165) is 37.4 Å². The SMILES string of the molecule is CCCN(C(=O)C(C)Sc1ccc([N+](=O)[O-])cc1)C1CCNC1. The van der Waals surface area contributed by atoms with E-state index in [1.807, 2.05) is 11.8 Å². The van der Waals surface area contributed by atoms with Crippen molar-refractivity contribution >= 4 is 23.4 Å². The van der Waals surface area contributed by atoms with Gasteiger partial charge in [0.05, 0.1) is 10.2 Å². The first-order valence-electron chi connectivity index (χ1n) is 7.95. The predicted molar refractivity (Wildman–Crippen MR) is 91.7 cm³/mol. The molecule has 0 saturated carbocycles. The zero-order chi connectivity index (χ0) is 16.8. The lowest BCUT2D eigenvalue weighted by Gasteiger charge is -2.30. The highest BCUT2D eigenvalue weighted by Crippen LogP contribution is 2.27. The Hall–Kier alpha value is -1.60. The fourth-order valence-corrected chi connectivity index (χ4v) is 3.69. The van der Waals surface area contributed by atoms with Gasteiger partial charge >= 0.3 is 0 Å². The van der Waals surface area contributed by atoms with E-state index in [1.54, 1.807) is 12.1 Å². The number of nitro benzene ring substituents is 1. The van der Waals surface area contributed by atoms with Crippen LogP contribution in [0.25, 0.3) is 0 Å². The van der Waals surface area contributed by atoms with Gasteiger partial charge in [-0.05, 0) is 38.4 Å². The van der Waals surface area contributed by atoms with Crippen LogP contribution in [0.15, 0.2) is 29.2 Å². The fraction of sp³-hybridized carbons (Fsp3) is 0.562. The van der Waals surface area contributed by atoms with E-state index < -0.39 is 4.92 Å². The summed E-state index contributed by atoms with van der Waals surface area (Å²) < 4.78 is 0. The van der Waals surface area contributed by atoms with Gasteiger partial charge in [-0.15, -0.1) is 11.8 Å². The number of nitrogens with zero attached hydrogens (tertiary/aromatic N) is 2. The molecule has 0 bridgehead atoms. The Kier molecular flexibility index (Phi) is 6.41. The predicted octanol–water partition coefficient (Wildman–Crippen LogP) is 2.68. The maximum absolute atomic E-state index is 12.8. The molecule has 2 rings (SSSR count). The molecule has 1 amide bonds. The summed E-state index contributed by atoms with van der Waals surface area (Å²) in [7, 11) is 0. The first-order chi connectivity index (χ1) is 11.0. The summed E-state index contributed by atoms with van der Waals surface area (Å²) >= 11 is 1.45. The van der Waals surface area contributed by atoms with Crippen molar-refractivity contribution in [3.63, 3.8) is 0 Å². The van der Waals surface area contributed by atoms with Crippen molar-refractivity contribution in [2.45, 2.75) is 42.9 Å². The molecule has 1 aliphatic rings. The molecule has 7 heteroatoms. The van der Waals surface area contributed by atoms with E-state index in [1.165, 1.54) is 23.9 Å². The van der Waals surface area contributed by atoms with Crippen LogP contribution in [0, 0.1) is 10.1 Å². The molecule has 2 atom stereocenters. The maximum Gasteiger partial charge on any atom is 0.269 e. The van der Waals surface area contributed by atoms with Crippen molar-refractivity contribution in [1.82, 2.24) is 10.2 Å². The summed E-state index contributed by atoms with van der Waals surface area (Å²) in [5.74, 6) is 0.143. The van der Waals surface area contributed by atoms with E-state index in [4.69, 9.17) is 0 Å². The van der Waals surface area contributed by atoms with Crippen LogP contribution in [0.1, 0.15) is 26.7 Å². The molecule has 0 aromatic heterocycles. The standard InChI is InChI=1S/C16H23N3O3S/c1-3-10-18(14-8-9-17-11-14)16(20)12(2)23-15-6-4-13(5-7-15)19(21)22/h4-7,12,14,17H,3,8-11H2,1-2H3. The normalized spacial score (nSPS) is 18.6. The fourth-order valence-electron chi connectivity index (χ4n) is 2.75. The van der Waals surface area contributed by atoms with E-state index in [9.17, 15) is 14.9 Å². The van der Waals surface area contributed by atoms with Gasteiger partial charge in [0.15, 0.2) is 0 Å². The quantitative estimate of drug-likeness (QED) is 0.470. The van der Waals surface area contributed by atoms with Gasteiger partial charge in [0.25, 0.3) is 5.69 Å². The Balaban J connectivity index is 2.00. The maximum atomic E-state index is 12.8. The topological polar surface area (TPSA) is 75.5 Å². The molecule has 0 spiro atoms. The lowest BCUT2D eigenvalue weighted by atomic mass is 10.2. The lowest BCUT2D eigenvalue weighted by molar-refractivity contribution is -0.384. The Morgan fingerprint density at radius 2 is 2.17 bits per heavy atom. The summed E-state index contributed by atoms with van der Waals surface area (Å²) in [6.45, 7) is 6.58. The third kappa shape index (κ3) is 4.68. The van der Waals surface area contributed by atoms with Crippen LogP contribution in [0.2, 0.25) is 0 Å². The number of hydrogen-bond donors (Lipinski definition) is 1. The summed E-state index contributed by atoms with van der Waals surface area (Å²) in [4.78, 5) is 25.9. The van der Waals surface area contributed by atoms with Crippen molar-refractivity contribution in [3.8, 4) is 0 Å². The molecule has 1 N–H and O–H groups in total. The number of amides is 1. The number of nitrogens with one attached hydrogen (secondary N) is 1. The second kappa shape index (κ2) is 8.31. The van der Waals surface area contributed by atoms with Gasteiger partial charge in [-0.25, -0.2) is 0 Å². The number of rotatable bonds is 7. The summed E-state index contributed by atoms with van der Waals surface area (Å²) in [5.41, 5.74) is 0.0676. The van der Waals surface area contributed by atoms with E-state index in [-0.39, 0.29) is 22.9 Å². The van der Waals surface area contributed by atoms with Crippen LogP contribution in [0.3, 0.4) is 0 Å². The molecule has 23 heavy (non-hydrogen) atoms. The van der Waals surface area contributed by atoms with Crippen LogP contribution in [0.4, 0.5) is 5.69 Å². The van der Waals surface area contributed by atoms with Gasteiger partial charge < -0.3 is 10.2 Å². The van der Waals surface area contributed by atoms with E-state index >= 15 is 0 Å². The van der Waals surface area contributed by atoms with Crippen LogP contribution >= 0.6 is 11.8 Å². The third-order valence-corrected chi connectivity index (χ3v) is 5.03. The van der Waals surface area contributed by atoms with Crippen molar-refractivity contribution in [3.05, 3.63) is 34.4 Å². The second-order valence-corrected chi connectivity index (χ2v) is 7.10. The molecule has 0 aliphatic carbocycles. The molecule has 6 nitrogen and oxygen atoms in total. The highest BCUT2D eigenvalue weighted by molar-refractivity contribution is 8.00. The average molecular weight is 337 g/mol. The molecule has 1 aliphatic heterocycles. The van der Waals surface area contributed by atoms with E-state index in [0.29, 0.717) is 0 Å². The minimum atomic E-state index is -0.418. The van der Waals surface area contributed by atoms with Crippen molar-refractivity contribution < 1.29 is 9.72 Å². The van der Waals surface area contributed by atoms with Gasteiger partial charge in [-0.1, -0.05) is 6.92 Å². The van der Waals surface area contributed by atoms with Crippen LogP contribution in [-0.2, 0) is 4.79 Å². The Morgan fingerprint density at radius 1 is 1.48 bits per heavy atom. The Bertz CT molecular complexity index is 544. The summed E-state index contributed by atoms with van der Waals surface area (Å²) in [6, 6.07) is 6.64. The minimum Gasteiger partial charge on any atom is -0.337 e. The average Bonchev–Trinajstić information content (AvgIpc) is 3.06. The third-order valence-electron chi connectivity index (χ3n) is 3.93.